The maximum Gasteiger partial charge on any atom is 0.373 e. The molecule has 0 saturated heterocycles. The molecule has 0 amide bonds. The van der Waals surface area contributed by atoms with Gasteiger partial charge in [0.25, 0.3) is 0 Å². The minimum Gasteiger partial charge on any atom is -0.412 e. The van der Waals surface area contributed by atoms with Crippen LogP contribution in [0.3, 0.4) is 0 Å². The SMILES string of the molecule is O.O.O=C=O.O=C=O. The lowest BCUT2D eigenvalue weighted by molar-refractivity contribution is -0.193. The maximum absolute atomic E-state index is 8.12. The second kappa shape index (κ2) is 269. The van der Waals surface area contributed by atoms with Crippen LogP contribution < -0.4 is 0 Å². The van der Waals surface area contributed by atoms with Gasteiger partial charge in [0.2, 0.25) is 0 Å². The minimum absolute atomic E-state index is 0. The summed E-state index contributed by atoms with van der Waals surface area (Å²) in [5, 5.41) is 0. The molecule has 0 radical (unpaired) electrons. The van der Waals surface area contributed by atoms with Gasteiger partial charge in [-0.1, -0.05) is 0 Å². The smallest absolute Gasteiger partial charge is 0.373 e. The Kier molecular flexibility index (Phi) is 1010. The highest BCUT2D eigenvalue weighted by molar-refractivity contribution is 5.20. The molecule has 0 aromatic rings. The Morgan fingerprint density at radius 3 is 0.625 bits per heavy atom. The third kappa shape index (κ3) is 36.4. The van der Waals surface area contributed by atoms with Gasteiger partial charge < -0.3 is 11.0 Å². The van der Waals surface area contributed by atoms with Gasteiger partial charge in [-0.15, -0.1) is 0 Å². The summed E-state index contributed by atoms with van der Waals surface area (Å²) < 4.78 is 0. The molecule has 6 nitrogen and oxygen atoms in total. The van der Waals surface area contributed by atoms with Crippen LogP contribution in [0.2, 0.25) is 0 Å². The van der Waals surface area contributed by atoms with E-state index in [0.717, 1.165) is 0 Å². The molecule has 0 aliphatic carbocycles. The molecule has 0 spiro atoms. The number of hydrogen-bond acceptors (Lipinski definition) is 4. The predicted octanol–water partition coefficient (Wildman–Crippen LogP) is -2.82. The first kappa shape index (κ1) is 30.0. The lowest BCUT2D eigenvalue weighted by Crippen LogP contribution is -1.22. The van der Waals surface area contributed by atoms with E-state index in [1.165, 1.54) is 0 Å². The summed E-state index contributed by atoms with van der Waals surface area (Å²) in [6, 6.07) is 0. The van der Waals surface area contributed by atoms with Crippen LogP contribution in [-0.2, 0) is 19.2 Å². The van der Waals surface area contributed by atoms with E-state index in [9.17, 15) is 0 Å². The summed E-state index contributed by atoms with van der Waals surface area (Å²) in [5.41, 5.74) is 0. The highest BCUT2D eigenvalue weighted by Crippen LogP contribution is 0.790. The summed E-state index contributed by atoms with van der Waals surface area (Å²) in [7, 11) is 0. The molecule has 8 heavy (non-hydrogen) atoms. The van der Waals surface area contributed by atoms with E-state index in [0.29, 0.717) is 0 Å². The van der Waals surface area contributed by atoms with Crippen molar-refractivity contribution in [3.63, 3.8) is 0 Å². The molecule has 0 saturated carbocycles. The summed E-state index contributed by atoms with van der Waals surface area (Å²) >= 11 is 0. The molecule has 4 N–H and O–H groups in total. The first-order chi connectivity index (χ1) is 2.83. The van der Waals surface area contributed by atoms with E-state index in [4.69, 9.17) is 19.2 Å². The molecule has 0 atom stereocenters. The van der Waals surface area contributed by atoms with Crippen molar-refractivity contribution in [3.8, 4) is 0 Å². The fourth-order valence-electron chi connectivity index (χ4n) is 0. The Labute approximate surface area is 43.7 Å². The van der Waals surface area contributed by atoms with Crippen LogP contribution in [0.25, 0.3) is 0 Å². The van der Waals surface area contributed by atoms with Crippen LogP contribution in [0, 0.1) is 0 Å². The van der Waals surface area contributed by atoms with Gasteiger partial charge in [-0.2, -0.15) is 19.2 Å². The summed E-state index contributed by atoms with van der Waals surface area (Å²) in [6.07, 6.45) is 0.500. The zero-order valence-corrected chi connectivity index (χ0v) is 3.63. The largest absolute Gasteiger partial charge is 0.412 e. The summed E-state index contributed by atoms with van der Waals surface area (Å²) in [6.45, 7) is 0. The van der Waals surface area contributed by atoms with Crippen molar-refractivity contribution in [2.24, 2.45) is 0 Å². The molecule has 0 fully saturated rings. The fraction of sp³-hybridized carbons (Fsp3) is 0. The van der Waals surface area contributed by atoms with Gasteiger partial charge in [-0.05, 0) is 0 Å². The first-order valence-electron chi connectivity index (χ1n) is 0.816. The Morgan fingerprint density at radius 2 is 0.625 bits per heavy atom. The van der Waals surface area contributed by atoms with Gasteiger partial charge in [0.05, 0.1) is 0 Å². The van der Waals surface area contributed by atoms with Gasteiger partial charge in [0.15, 0.2) is 0 Å². The van der Waals surface area contributed by atoms with Crippen molar-refractivity contribution < 1.29 is 30.1 Å². The van der Waals surface area contributed by atoms with E-state index in [-0.39, 0.29) is 23.3 Å². The average Bonchev–Trinajstić information content (AvgIpc) is 1.39. The second-order valence-corrected chi connectivity index (χ2v) is 0.167. The van der Waals surface area contributed by atoms with Crippen LogP contribution >= 0.6 is 0 Å². The molecule has 0 unspecified atom stereocenters. The molecule has 0 aliphatic heterocycles. The minimum atomic E-state index is 0. The van der Waals surface area contributed by atoms with Gasteiger partial charge in [-0.25, -0.2) is 0 Å². The molecule has 0 rings (SSSR count). The molecule has 48 valence electrons. The molecular formula is C2H4O6. The standard InChI is InChI=1S/2CO2.2H2O/c2*2-1-3;;/h;;2*1H2. The van der Waals surface area contributed by atoms with Crippen molar-refractivity contribution >= 4 is 12.3 Å². The van der Waals surface area contributed by atoms with Gasteiger partial charge >= 0.3 is 12.3 Å². The van der Waals surface area contributed by atoms with E-state index in [1.807, 2.05) is 0 Å². The molecule has 0 bridgehead atoms. The third-order valence-electron chi connectivity index (χ3n) is 0. The third-order valence-corrected chi connectivity index (χ3v) is 0. The Morgan fingerprint density at radius 1 is 0.625 bits per heavy atom. The maximum atomic E-state index is 8.12. The Balaban J connectivity index is -0.0000000160. The van der Waals surface area contributed by atoms with Gasteiger partial charge in [-0.3, -0.25) is 0 Å². The molecule has 0 aromatic carbocycles. The topological polar surface area (TPSA) is 131 Å². The monoisotopic (exact) mass is 124 g/mol. The van der Waals surface area contributed by atoms with Crippen molar-refractivity contribution in [1.29, 1.82) is 0 Å². The van der Waals surface area contributed by atoms with Crippen molar-refractivity contribution in [1.82, 2.24) is 0 Å². The van der Waals surface area contributed by atoms with Crippen LogP contribution in [0.15, 0.2) is 0 Å². The molecule has 0 aromatic heterocycles. The first-order valence-corrected chi connectivity index (χ1v) is 0.816. The lowest BCUT2D eigenvalue weighted by Gasteiger charge is -0.945. The van der Waals surface area contributed by atoms with Crippen LogP contribution in [0.1, 0.15) is 0 Å². The molecule has 0 heterocycles. The molecular weight excluding hydrogens is 120 g/mol. The number of rotatable bonds is 0. The van der Waals surface area contributed by atoms with Gasteiger partial charge in [0, 0.05) is 0 Å². The molecule has 0 aliphatic rings. The van der Waals surface area contributed by atoms with Crippen LogP contribution in [0.4, 0.5) is 0 Å². The van der Waals surface area contributed by atoms with Gasteiger partial charge in [0.1, 0.15) is 0 Å². The number of carbonyl (C=O) groups excluding carboxylic acids is 4. The summed E-state index contributed by atoms with van der Waals surface area (Å²) in [5.74, 6) is 0. The van der Waals surface area contributed by atoms with E-state index in [2.05, 4.69) is 0 Å². The summed E-state index contributed by atoms with van der Waals surface area (Å²) in [4.78, 5) is 32.5. The normalized spacial score (nSPS) is 2.00. The van der Waals surface area contributed by atoms with Crippen molar-refractivity contribution in [2.75, 3.05) is 0 Å². The number of hydrogen-bond donors (Lipinski definition) is 0. The van der Waals surface area contributed by atoms with Crippen molar-refractivity contribution in [2.45, 2.75) is 0 Å². The molecule has 6 heteroatoms. The Bertz CT molecular complexity index is 60.5. The zero-order valence-electron chi connectivity index (χ0n) is 3.63. The zero-order chi connectivity index (χ0) is 5.41. The van der Waals surface area contributed by atoms with Crippen molar-refractivity contribution in [3.05, 3.63) is 0 Å². The second-order valence-electron chi connectivity index (χ2n) is 0.167. The van der Waals surface area contributed by atoms with Crippen LogP contribution in [0.5, 0.6) is 0 Å². The van der Waals surface area contributed by atoms with E-state index >= 15 is 0 Å². The highest BCUT2D eigenvalue weighted by atomic mass is 16.2. The fourth-order valence-corrected chi connectivity index (χ4v) is 0. The van der Waals surface area contributed by atoms with Crippen LogP contribution in [-0.4, -0.2) is 23.3 Å². The average molecular weight is 124 g/mol. The van der Waals surface area contributed by atoms with E-state index < -0.39 is 0 Å². The van der Waals surface area contributed by atoms with E-state index in [1.54, 1.807) is 0 Å². The Hall–Kier alpha value is -1.32. The predicted molar refractivity (Wildman–Crippen MR) is 17.2 cm³/mol. The highest BCUT2D eigenvalue weighted by Gasteiger charge is 1.13. The quantitative estimate of drug-likeness (QED) is 0.344. The lowest BCUT2D eigenvalue weighted by atomic mass is 11.8.